The zero-order valence-corrected chi connectivity index (χ0v) is 27.8. The van der Waals surface area contributed by atoms with Crippen LogP contribution in [0.2, 0.25) is 0 Å². The van der Waals surface area contributed by atoms with Crippen LogP contribution in [-0.4, -0.2) is 30.8 Å². The van der Waals surface area contributed by atoms with E-state index < -0.39 is 24.2 Å². The first kappa shape index (κ1) is 37.4. The van der Waals surface area contributed by atoms with E-state index in [-0.39, 0.29) is 18.8 Å². The van der Waals surface area contributed by atoms with Gasteiger partial charge < -0.3 is 14.2 Å². The fourth-order valence-corrected chi connectivity index (χ4v) is 5.89. The number of unbranched alkanes of at least 4 members (excludes halogenated alkanes) is 10. The molecule has 1 unspecified atom stereocenters. The van der Waals surface area contributed by atoms with Crippen molar-refractivity contribution in [3.8, 4) is 11.5 Å². The summed E-state index contributed by atoms with van der Waals surface area (Å²) in [5, 5.41) is 0. The predicted molar refractivity (Wildman–Crippen MR) is 175 cm³/mol. The van der Waals surface area contributed by atoms with Gasteiger partial charge in [-0.1, -0.05) is 96.3 Å². The van der Waals surface area contributed by atoms with Gasteiger partial charge in [0, 0.05) is 6.42 Å². The molecule has 0 heterocycles. The number of benzene rings is 2. The Morgan fingerprint density at radius 1 is 0.804 bits per heavy atom. The number of halogens is 3. The summed E-state index contributed by atoms with van der Waals surface area (Å²) < 4.78 is 56.9. The number of aryl methyl sites for hydroxylation is 2. The molecule has 0 aliphatic heterocycles. The molecule has 5 nitrogen and oxygen atoms in total. The Kier molecular flexibility index (Phi) is 16.5. The second-order valence-electron chi connectivity index (χ2n) is 12.6. The molecule has 0 N–H and O–H groups in total. The summed E-state index contributed by atoms with van der Waals surface area (Å²) in [6.07, 6.45) is 8.07. The third kappa shape index (κ3) is 13.8. The molecule has 46 heavy (non-hydrogen) atoms. The maximum atomic E-state index is 13.5. The summed E-state index contributed by atoms with van der Waals surface area (Å²) >= 11 is 0. The molecule has 8 heteroatoms. The van der Waals surface area contributed by atoms with Crippen LogP contribution in [0.3, 0.4) is 0 Å². The molecule has 2 atom stereocenters. The standard InChI is InChI=1S/C38H53F3O5/c1-3-5-7-9-10-11-12-14-26-44-33-22-16-29(17-23-33)18-25-36(42)45-34-24-21-30-27-32(20-19-31(30)28-34)37(43)46-35(38(39,40)41)15-13-8-6-4-2/h16-17,21-24,28,32,35H,3-15,18-20,25-27H2,1-2H3/t32?,35-/m1/s1. The number of carbonyl (C=O) groups excluding carboxylic acids is 2. The summed E-state index contributed by atoms with van der Waals surface area (Å²) in [6.45, 7) is 4.94. The molecular formula is C38H53F3O5. The number of ether oxygens (including phenoxy) is 3. The Balaban J connectivity index is 1.37. The first-order valence-electron chi connectivity index (χ1n) is 17.5. The van der Waals surface area contributed by atoms with Crippen LogP contribution in [0.1, 0.15) is 127 Å². The van der Waals surface area contributed by atoms with Gasteiger partial charge in [0.2, 0.25) is 0 Å². The molecule has 0 aromatic heterocycles. The maximum absolute atomic E-state index is 13.5. The number of hydrogen-bond donors (Lipinski definition) is 0. The largest absolute Gasteiger partial charge is 0.494 e. The molecule has 2 aromatic rings. The Morgan fingerprint density at radius 2 is 1.43 bits per heavy atom. The Bertz CT molecular complexity index is 1180. The zero-order chi connectivity index (χ0) is 33.2. The third-order valence-corrected chi connectivity index (χ3v) is 8.72. The van der Waals surface area contributed by atoms with E-state index in [4.69, 9.17) is 14.2 Å². The minimum Gasteiger partial charge on any atom is -0.494 e. The van der Waals surface area contributed by atoms with Crippen LogP contribution < -0.4 is 9.47 Å². The Hall–Kier alpha value is -3.03. The van der Waals surface area contributed by atoms with Crippen molar-refractivity contribution in [2.24, 2.45) is 5.92 Å². The zero-order valence-electron chi connectivity index (χ0n) is 27.8. The van der Waals surface area contributed by atoms with Crippen LogP contribution in [0.4, 0.5) is 13.2 Å². The monoisotopic (exact) mass is 646 g/mol. The van der Waals surface area contributed by atoms with Crippen LogP contribution in [0, 0.1) is 5.92 Å². The second kappa shape index (κ2) is 20.3. The highest BCUT2D eigenvalue weighted by atomic mass is 19.4. The highest BCUT2D eigenvalue weighted by Gasteiger charge is 2.43. The maximum Gasteiger partial charge on any atom is 0.425 e. The van der Waals surface area contributed by atoms with Crippen LogP contribution in [-0.2, 0) is 33.6 Å². The fourth-order valence-electron chi connectivity index (χ4n) is 5.89. The Labute approximate surface area is 273 Å². The van der Waals surface area contributed by atoms with Crippen molar-refractivity contribution in [3.05, 3.63) is 59.2 Å². The van der Waals surface area contributed by atoms with Gasteiger partial charge in [-0.3, -0.25) is 9.59 Å². The van der Waals surface area contributed by atoms with Gasteiger partial charge in [-0.15, -0.1) is 0 Å². The first-order chi connectivity index (χ1) is 22.2. The quantitative estimate of drug-likeness (QED) is 0.0767. The van der Waals surface area contributed by atoms with Crippen molar-refractivity contribution >= 4 is 11.9 Å². The van der Waals surface area contributed by atoms with Gasteiger partial charge in [0.15, 0.2) is 6.10 Å². The minimum absolute atomic E-state index is 0.202. The summed E-state index contributed by atoms with van der Waals surface area (Å²) in [5.74, 6) is -0.491. The lowest BCUT2D eigenvalue weighted by molar-refractivity contribution is -0.225. The topological polar surface area (TPSA) is 61.8 Å². The summed E-state index contributed by atoms with van der Waals surface area (Å²) in [4.78, 5) is 25.2. The summed E-state index contributed by atoms with van der Waals surface area (Å²) in [7, 11) is 0. The Morgan fingerprint density at radius 3 is 2.11 bits per heavy atom. The molecule has 0 spiro atoms. The van der Waals surface area contributed by atoms with E-state index in [0.717, 1.165) is 41.7 Å². The highest BCUT2D eigenvalue weighted by molar-refractivity contribution is 5.74. The number of rotatable bonds is 21. The fraction of sp³-hybridized carbons (Fsp3) is 0.632. The van der Waals surface area contributed by atoms with Crippen molar-refractivity contribution in [1.29, 1.82) is 0 Å². The molecule has 0 radical (unpaired) electrons. The number of carbonyl (C=O) groups is 2. The van der Waals surface area contributed by atoms with Gasteiger partial charge in [-0.2, -0.15) is 13.2 Å². The highest BCUT2D eigenvalue weighted by Crippen LogP contribution is 2.32. The molecular weight excluding hydrogens is 593 g/mol. The summed E-state index contributed by atoms with van der Waals surface area (Å²) in [5.41, 5.74) is 2.82. The number of alkyl halides is 3. The van der Waals surface area contributed by atoms with Gasteiger partial charge in [0.05, 0.1) is 12.5 Å². The van der Waals surface area contributed by atoms with E-state index in [1.807, 2.05) is 31.2 Å². The molecule has 0 fully saturated rings. The van der Waals surface area contributed by atoms with E-state index in [1.165, 1.54) is 44.9 Å². The van der Waals surface area contributed by atoms with Crippen LogP contribution in [0.5, 0.6) is 11.5 Å². The average molecular weight is 647 g/mol. The SMILES string of the molecule is CCCCCCCCCCOc1ccc(CCC(=O)Oc2ccc3c(c2)CCC(C(=O)O[C@H](CCCCCC)C(F)(F)F)C3)cc1. The summed E-state index contributed by atoms with van der Waals surface area (Å²) in [6, 6.07) is 13.1. The van der Waals surface area contributed by atoms with Crippen LogP contribution >= 0.6 is 0 Å². The van der Waals surface area contributed by atoms with Crippen molar-refractivity contribution in [2.75, 3.05) is 6.61 Å². The number of fused-ring (bicyclic) bond motifs is 1. The molecule has 0 saturated carbocycles. The van der Waals surface area contributed by atoms with Gasteiger partial charge >= 0.3 is 18.1 Å². The molecule has 2 aromatic carbocycles. The molecule has 1 aliphatic carbocycles. The second-order valence-corrected chi connectivity index (χ2v) is 12.6. The van der Waals surface area contributed by atoms with E-state index in [1.54, 1.807) is 18.2 Å². The predicted octanol–water partition coefficient (Wildman–Crippen LogP) is 10.3. The van der Waals surface area contributed by atoms with E-state index in [0.29, 0.717) is 50.9 Å². The molecule has 0 bridgehead atoms. The van der Waals surface area contributed by atoms with Crippen molar-refractivity contribution in [1.82, 2.24) is 0 Å². The van der Waals surface area contributed by atoms with Gasteiger partial charge in [-0.05, 0) is 85.9 Å². The average Bonchev–Trinajstić information content (AvgIpc) is 3.04. The van der Waals surface area contributed by atoms with Gasteiger partial charge in [-0.25, -0.2) is 0 Å². The number of esters is 2. The lowest BCUT2D eigenvalue weighted by atomic mass is 9.84. The van der Waals surface area contributed by atoms with Gasteiger partial charge in [0.25, 0.3) is 0 Å². The van der Waals surface area contributed by atoms with E-state index in [9.17, 15) is 22.8 Å². The minimum atomic E-state index is -4.57. The third-order valence-electron chi connectivity index (χ3n) is 8.72. The lowest BCUT2D eigenvalue weighted by Gasteiger charge is -2.27. The molecule has 1 aliphatic rings. The van der Waals surface area contributed by atoms with Gasteiger partial charge in [0.1, 0.15) is 11.5 Å². The molecule has 0 saturated heterocycles. The lowest BCUT2D eigenvalue weighted by Crippen LogP contribution is -2.37. The first-order valence-corrected chi connectivity index (χ1v) is 17.5. The van der Waals surface area contributed by atoms with Crippen LogP contribution in [0.15, 0.2) is 42.5 Å². The normalized spacial score (nSPS) is 15.2. The number of hydrogen-bond acceptors (Lipinski definition) is 5. The van der Waals surface area contributed by atoms with E-state index in [2.05, 4.69) is 6.92 Å². The van der Waals surface area contributed by atoms with Crippen molar-refractivity contribution < 1.29 is 37.0 Å². The smallest absolute Gasteiger partial charge is 0.425 e. The molecule has 256 valence electrons. The van der Waals surface area contributed by atoms with E-state index >= 15 is 0 Å². The van der Waals surface area contributed by atoms with Crippen LogP contribution in [0.25, 0.3) is 0 Å². The molecule has 3 rings (SSSR count). The van der Waals surface area contributed by atoms with Crippen molar-refractivity contribution in [2.45, 2.75) is 142 Å². The molecule has 0 amide bonds. The van der Waals surface area contributed by atoms with Crippen molar-refractivity contribution in [3.63, 3.8) is 0 Å².